The molecule has 2 aromatic carbocycles. The summed E-state index contributed by atoms with van der Waals surface area (Å²) in [5.41, 5.74) is 1.73. The number of ketones is 1. The van der Waals surface area contributed by atoms with E-state index in [1.807, 2.05) is 60.7 Å². The maximum absolute atomic E-state index is 12.1. The first kappa shape index (κ1) is 12.1. The molecule has 2 aromatic rings. The summed E-state index contributed by atoms with van der Waals surface area (Å²) < 4.78 is 0. The molecule has 0 aliphatic carbocycles. The summed E-state index contributed by atoms with van der Waals surface area (Å²) in [6.07, 6.45) is 5.88. The third-order valence-corrected chi connectivity index (χ3v) is 2.89. The lowest BCUT2D eigenvalue weighted by Crippen LogP contribution is -2.06. The fourth-order valence-corrected chi connectivity index (χ4v) is 1.89. The molecule has 1 heteroatoms. The number of hydrogen-bond donors (Lipinski definition) is 0. The Hall–Kier alpha value is -2.33. The third-order valence-electron chi connectivity index (χ3n) is 2.89. The van der Waals surface area contributed by atoms with E-state index in [-0.39, 0.29) is 11.7 Å². The van der Waals surface area contributed by atoms with Gasteiger partial charge >= 0.3 is 0 Å². The van der Waals surface area contributed by atoms with Gasteiger partial charge in [-0.2, -0.15) is 0 Å². The van der Waals surface area contributed by atoms with Crippen molar-refractivity contribution in [2.45, 2.75) is 12.3 Å². The number of carbonyl (C=O) groups is 1. The van der Waals surface area contributed by atoms with E-state index in [9.17, 15) is 4.79 Å². The second-order valence-corrected chi connectivity index (χ2v) is 4.12. The van der Waals surface area contributed by atoms with Gasteiger partial charge in [-0.3, -0.25) is 4.79 Å². The molecule has 2 rings (SSSR count). The van der Waals surface area contributed by atoms with Crippen LogP contribution < -0.4 is 0 Å². The van der Waals surface area contributed by atoms with E-state index in [1.54, 1.807) is 0 Å². The van der Waals surface area contributed by atoms with Crippen LogP contribution in [-0.2, 0) is 0 Å². The summed E-state index contributed by atoms with van der Waals surface area (Å²) in [6, 6.07) is 19.0. The molecule has 1 nitrogen and oxygen atoms in total. The van der Waals surface area contributed by atoms with Gasteiger partial charge in [0.25, 0.3) is 0 Å². The zero-order chi connectivity index (χ0) is 12.8. The van der Waals surface area contributed by atoms with Gasteiger partial charge in [-0.15, -0.1) is 6.42 Å². The van der Waals surface area contributed by atoms with Gasteiger partial charge in [-0.25, -0.2) is 0 Å². The maximum atomic E-state index is 12.1. The van der Waals surface area contributed by atoms with Gasteiger partial charge in [0.05, 0.1) is 5.92 Å². The molecule has 0 aliphatic rings. The Morgan fingerprint density at radius 3 is 2.11 bits per heavy atom. The molecular weight excluding hydrogens is 220 g/mol. The summed E-state index contributed by atoms with van der Waals surface area (Å²) in [7, 11) is 0. The van der Waals surface area contributed by atoms with Crippen molar-refractivity contribution in [3.05, 3.63) is 71.8 Å². The predicted molar refractivity (Wildman–Crippen MR) is 73.4 cm³/mol. The van der Waals surface area contributed by atoms with E-state index < -0.39 is 0 Å². The Bertz CT molecular complexity index is 549. The Morgan fingerprint density at radius 1 is 1.00 bits per heavy atom. The Kier molecular flexibility index (Phi) is 3.94. The molecule has 0 N–H and O–H groups in total. The van der Waals surface area contributed by atoms with Crippen molar-refractivity contribution in [2.75, 3.05) is 0 Å². The second kappa shape index (κ2) is 5.84. The summed E-state index contributed by atoms with van der Waals surface area (Å²) in [5.74, 6) is 2.63. The molecule has 1 atom stereocenters. The normalized spacial score (nSPS) is 11.5. The summed E-state index contributed by atoms with van der Waals surface area (Å²) in [5, 5.41) is 0. The minimum Gasteiger partial charge on any atom is -0.294 e. The third kappa shape index (κ3) is 2.87. The Balaban J connectivity index is 2.14. The molecule has 0 heterocycles. The van der Waals surface area contributed by atoms with Crippen LogP contribution in [0.5, 0.6) is 0 Å². The number of benzene rings is 2. The van der Waals surface area contributed by atoms with Gasteiger partial charge in [0.15, 0.2) is 5.78 Å². The van der Waals surface area contributed by atoms with Crippen molar-refractivity contribution in [2.24, 2.45) is 0 Å². The van der Waals surface area contributed by atoms with Crippen molar-refractivity contribution in [1.29, 1.82) is 0 Å². The summed E-state index contributed by atoms with van der Waals surface area (Å²) in [4.78, 5) is 12.1. The van der Waals surface area contributed by atoms with E-state index in [1.165, 1.54) is 0 Å². The Labute approximate surface area is 107 Å². The van der Waals surface area contributed by atoms with Gasteiger partial charge in [0.1, 0.15) is 0 Å². The monoisotopic (exact) mass is 234 g/mol. The fraction of sp³-hybridized carbons (Fsp3) is 0.118. The molecule has 18 heavy (non-hydrogen) atoms. The number of hydrogen-bond acceptors (Lipinski definition) is 1. The molecule has 0 unspecified atom stereocenters. The SMILES string of the molecule is C#C[C@H](CC(=O)c1ccccc1)c1ccccc1. The van der Waals surface area contributed by atoms with Crippen LogP contribution >= 0.6 is 0 Å². The van der Waals surface area contributed by atoms with Crippen LogP contribution in [0.1, 0.15) is 28.3 Å². The highest BCUT2D eigenvalue weighted by atomic mass is 16.1. The zero-order valence-corrected chi connectivity index (χ0v) is 10.0. The standard InChI is InChI=1S/C17H14O/c1-2-14(15-9-5-3-6-10-15)13-17(18)16-11-7-4-8-12-16/h1,3-12,14H,13H2/t14-/m1/s1. The molecule has 88 valence electrons. The van der Waals surface area contributed by atoms with Crippen molar-refractivity contribution < 1.29 is 4.79 Å². The first-order chi connectivity index (χ1) is 8.81. The number of terminal acetylenes is 1. The van der Waals surface area contributed by atoms with Gasteiger partial charge in [0.2, 0.25) is 0 Å². The zero-order valence-electron chi connectivity index (χ0n) is 10.0. The molecular formula is C17H14O. The highest BCUT2D eigenvalue weighted by molar-refractivity contribution is 5.96. The number of rotatable bonds is 4. The van der Waals surface area contributed by atoms with Crippen molar-refractivity contribution >= 4 is 5.78 Å². The van der Waals surface area contributed by atoms with Crippen LogP contribution in [0.2, 0.25) is 0 Å². The predicted octanol–water partition coefficient (Wildman–Crippen LogP) is 3.68. The number of Topliss-reactive ketones (excluding diaryl/α,β-unsaturated/α-hetero) is 1. The van der Waals surface area contributed by atoms with Crippen LogP contribution in [0.4, 0.5) is 0 Å². The minimum absolute atomic E-state index is 0.0856. The van der Waals surface area contributed by atoms with Crippen LogP contribution in [0.15, 0.2) is 60.7 Å². The molecule has 0 saturated carbocycles. The van der Waals surface area contributed by atoms with Gasteiger partial charge in [-0.05, 0) is 5.56 Å². The van der Waals surface area contributed by atoms with E-state index in [4.69, 9.17) is 6.42 Å². The Morgan fingerprint density at radius 2 is 1.56 bits per heavy atom. The fourth-order valence-electron chi connectivity index (χ4n) is 1.89. The van der Waals surface area contributed by atoms with Crippen LogP contribution in [0, 0.1) is 12.3 Å². The van der Waals surface area contributed by atoms with Crippen LogP contribution in [0.3, 0.4) is 0 Å². The topological polar surface area (TPSA) is 17.1 Å². The molecule has 0 fully saturated rings. The molecule has 0 aromatic heterocycles. The minimum atomic E-state index is -0.154. The summed E-state index contributed by atoms with van der Waals surface area (Å²) >= 11 is 0. The average molecular weight is 234 g/mol. The lowest BCUT2D eigenvalue weighted by Gasteiger charge is -2.10. The molecule has 0 amide bonds. The van der Waals surface area contributed by atoms with Crippen molar-refractivity contribution in [1.82, 2.24) is 0 Å². The second-order valence-electron chi connectivity index (χ2n) is 4.12. The number of carbonyl (C=O) groups excluding carboxylic acids is 1. The van der Waals surface area contributed by atoms with Crippen LogP contribution in [0.25, 0.3) is 0 Å². The first-order valence-corrected chi connectivity index (χ1v) is 5.90. The summed E-state index contributed by atoms with van der Waals surface area (Å²) in [6.45, 7) is 0. The largest absolute Gasteiger partial charge is 0.294 e. The highest BCUT2D eigenvalue weighted by Crippen LogP contribution is 2.20. The lowest BCUT2D eigenvalue weighted by atomic mass is 9.92. The molecule has 0 radical (unpaired) electrons. The first-order valence-electron chi connectivity index (χ1n) is 5.90. The highest BCUT2D eigenvalue weighted by Gasteiger charge is 2.14. The molecule has 0 bridgehead atoms. The smallest absolute Gasteiger partial charge is 0.164 e. The molecule has 0 saturated heterocycles. The molecule has 0 spiro atoms. The van der Waals surface area contributed by atoms with Crippen molar-refractivity contribution in [3.8, 4) is 12.3 Å². The quantitative estimate of drug-likeness (QED) is 0.582. The van der Waals surface area contributed by atoms with Gasteiger partial charge < -0.3 is 0 Å². The van der Waals surface area contributed by atoms with E-state index in [0.717, 1.165) is 5.56 Å². The maximum Gasteiger partial charge on any atom is 0.164 e. The van der Waals surface area contributed by atoms with Crippen LogP contribution in [-0.4, -0.2) is 5.78 Å². The van der Waals surface area contributed by atoms with Crippen molar-refractivity contribution in [3.63, 3.8) is 0 Å². The lowest BCUT2D eigenvalue weighted by molar-refractivity contribution is 0.0979. The average Bonchev–Trinajstić information content (AvgIpc) is 2.46. The van der Waals surface area contributed by atoms with E-state index in [0.29, 0.717) is 12.0 Å². The van der Waals surface area contributed by atoms with E-state index >= 15 is 0 Å². The van der Waals surface area contributed by atoms with Gasteiger partial charge in [0, 0.05) is 12.0 Å². The van der Waals surface area contributed by atoms with E-state index in [2.05, 4.69) is 5.92 Å². The van der Waals surface area contributed by atoms with Gasteiger partial charge in [-0.1, -0.05) is 66.6 Å². The molecule has 0 aliphatic heterocycles.